The number of nitrogens with zero attached hydrogens (tertiary/aromatic N) is 4. The van der Waals surface area contributed by atoms with Gasteiger partial charge in [-0.1, -0.05) is 39.4 Å². The van der Waals surface area contributed by atoms with Crippen molar-refractivity contribution in [2.75, 3.05) is 14.1 Å². The summed E-state index contributed by atoms with van der Waals surface area (Å²) in [4.78, 5) is 5.00. The minimum atomic E-state index is -3.56. The predicted octanol–water partition coefficient (Wildman–Crippen LogP) is 3.23. The number of imidazole rings is 1. The molecule has 10 heteroatoms. The van der Waals surface area contributed by atoms with Crippen molar-refractivity contribution in [3.8, 4) is 11.3 Å². The molecular weight excluding hydrogens is 456 g/mol. The van der Waals surface area contributed by atoms with Crippen molar-refractivity contribution >= 4 is 58.2 Å². The van der Waals surface area contributed by atoms with Crippen molar-refractivity contribution in [3.05, 3.63) is 33.3 Å². The summed E-state index contributed by atoms with van der Waals surface area (Å²) in [5, 5.41) is 4.16. The maximum Gasteiger partial charge on any atom is 0.271 e. The van der Waals surface area contributed by atoms with E-state index in [4.69, 9.17) is 0 Å². The second-order valence-electron chi connectivity index (χ2n) is 4.61. The zero-order chi connectivity index (χ0) is 16.1. The Morgan fingerprint density at radius 3 is 2.36 bits per heavy atom. The minimum absolute atomic E-state index is 0.0167. The van der Waals surface area contributed by atoms with E-state index >= 15 is 0 Å². The van der Waals surface area contributed by atoms with E-state index in [1.165, 1.54) is 18.6 Å². The highest BCUT2D eigenvalue weighted by atomic mass is 79.9. The van der Waals surface area contributed by atoms with Crippen LogP contribution in [-0.2, 0) is 10.0 Å². The summed E-state index contributed by atoms with van der Waals surface area (Å²) in [6, 6.07) is 7.70. The molecule has 0 amide bonds. The summed E-state index contributed by atoms with van der Waals surface area (Å²) in [5.41, 5.74) is 1.64. The van der Waals surface area contributed by atoms with Crippen molar-refractivity contribution in [3.63, 3.8) is 0 Å². The Kier molecular flexibility index (Phi) is 4.14. The van der Waals surface area contributed by atoms with Crippen LogP contribution in [0.5, 0.6) is 0 Å². The van der Waals surface area contributed by atoms with Gasteiger partial charge in [-0.3, -0.25) is 0 Å². The number of rotatable bonds is 3. The fourth-order valence-corrected chi connectivity index (χ4v) is 4.93. The zero-order valence-electron chi connectivity index (χ0n) is 11.5. The third kappa shape index (κ3) is 2.62. The normalized spacial score (nSPS) is 12.4. The fourth-order valence-electron chi connectivity index (χ4n) is 1.76. The first kappa shape index (κ1) is 16.1. The van der Waals surface area contributed by atoms with Gasteiger partial charge in [0.05, 0.1) is 0 Å². The Labute approximate surface area is 148 Å². The molecule has 3 aromatic rings. The maximum absolute atomic E-state index is 12.1. The van der Waals surface area contributed by atoms with Crippen LogP contribution >= 0.6 is 43.2 Å². The van der Waals surface area contributed by atoms with Crippen LogP contribution in [0, 0.1) is 0 Å². The standard InChI is InChI=1S/C12H10Br2N4O2S2/c1-17(2)22(19,20)12-16-18-10(14)9(15-11(18)21-12)7-3-5-8(13)6-4-7/h3-6H,1-2H3. The van der Waals surface area contributed by atoms with Gasteiger partial charge in [0.1, 0.15) is 10.3 Å². The molecule has 0 aliphatic heterocycles. The molecule has 0 unspecified atom stereocenters. The molecule has 0 saturated carbocycles. The third-order valence-electron chi connectivity index (χ3n) is 2.95. The lowest BCUT2D eigenvalue weighted by atomic mass is 10.2. The van der Waals surface area contributed by atoms with Gasteiger partial charge in [-0.15, -0.1) is 5.10 Å². The highest BCUT2D eigenvalue weighted by Gasteiger charge is 2.25. The molecule has 0 saturated heterocycles. The molecule has 3 rings (SSSR count). The molecule has 0 spiro atoms. The van der Waals surface area contributed by atoms with Crippen molar-refractivity contribution in [1.82, 2.24) is 18.9 Å². The fraction of sp³-hybridized carbons (Fsp3) is 0.167. The summed E-state index contributed by atoms with van der Waals surface area (Å²) in [5.74, 6) is 0. The van der Waals surface area contributed by atoms with Crippen LogP contribution < -0.4 is 0 Å². The van der Waals surface area contributed by atoms with Gasteiger partial charge in [0.25, 0.3) is 10.0 Å². The van der Waals surface area contributed by atoms with Gasteiger partial charge in [-0.05, 0) is 28.1 Å². The van der Waals surface area contributed by atoms with Crippen LogP contribution in [0.15, 0.2) is 37.7 Å². The number of benzene rings is 1. The van der Waals surface area contributed by atoms with Crippen molar-refractivity contribution in [2.24, 2.45) is 0 Å². The topological polar surface area (TPSA) is 67.6 Å². The second kappa shape index (κ2) is 5.68. The van der Waals surface area contributed by atoms with Crippen LogP contribution in [-0.4, -0.2) is 41.4 Å². The number of aromatic nitrogens is 3. The number of halogens is 2. The van der Waals surface area contributed by atoms with Crippen LogP contribution in [0.4, 0.5) is 0 Å². The molecule has 0 N–H and O–H groups in total. The van der Waals surface area contributed by atoms with Crippen LogP contribution in [0.1, 0.15) is 0 Å². The summed E-state index contributed by atoms with van der Waals surface area (Å²) < 4.78 is 28.5. The van der Waals surface area contributed by atoms with Gasteiger partial charge in [0, 0.05) is 24.1 Å². The Balaban J connectivity index is 2.13. The Morgan fingerprint density at radius 2 is 1.82 bits per heavy atom. The Hall–Kier alpha value is -0.810. The van der Waals surface area contributed by atoms with Crippen molar-refractivity contribution < 1.29 is 8.42 Å². The molecule has 0 aliphatic carbocycles. The Morgan fingerprint density at radius 1 is 1.18 bits per heavy atom. The maximum atomic E-state index is 12.1. The number of hydrogen-bond donors (Lipinski definition) is 0. The van der Waals surface area contributed by atoms with Crippen LogP contribution in [0.2, 0.25) is 0 Å². The van der Waals surface area contributed by atoms with Crippen molar-refractivity contribution in [1.29, 1.82) is 0 Å². The summed E-state index contributed by atoms with van der Waals surface area (Å²) in [7, 11) is -0.608. The van der Waals surface area contributed by atoms with Gasteiger partial charge in [-0.25, -0.2) is 17.7 Å². The lowest BCUT2D eigenvalue weighted by Gasteiger charge is -2.06. The van der Waals surface area contributed by atoms with E-state index in [0.29, 0.717) is 9.56 Å². The number of sulfonamides is 1. The van der Waals surface area contributed by atoms with E-state index in [9.17, 15) is 8.42 Å². The van der Waals surface area contributed by atoms with E-state index < -0.39 is 10.0 Å². The average molecular weight is 466 g/mol. The summed E-state index contributed by atoms with van der Waals surface area (Å²) in [6.45, 7) is 0. The molecule has 116 valence electrons. The van der Waals surface area contributed by atoms with Gasteiger partial charge in [-0.2, -0.15) is 4.52 Å². The smallest absolute Gasteiger partial charge is 0.216 e. The zero-order valence-corrected chi connectivity index (χ0v) is 16.3. The van der Waals surface area contributed by atoms with Gasteiger partial charge in [0.15, 0.2) is 0 Å². The summed E-state index contributed by atoms with van der Waals surface area (Å²) >= 11 is 7.88. The monoisotopic (exact) mass is 464 g/mol. The van der Waals surface area contributed by atoms with E-state index in [0.717, 1.165) is 31.4 Å². The minimum Gasteiger partial charge on any atom is -0.216 e. The SMILES string of the molecule is CN(C)S(=O)(=O)c1nn2c(Br)c(-c3ccc(Br)cc3)nc2s1. The molecule has 22 heavy (non-hydrogen) atoms. The molecule has 0 aliphatic rings. The first-order valence-electron chi connectivity index (χ1n) is 6.04. The molecule has 0 bridgehead atoms. The molecule has 2 heterocycles. The first-order valence-corrected chi connectivity index (χ1v) is 9.88. The van der Waals surface area contributed by atoms with Crippen LogP contribution in [0.3, 0.4) is 0 Å². The highest BCUT2D eigenvalue weighted by molar-refractivity contribution is 9.10. The molecule has 1 aromatic carbocycles. The number of fused-ring (bicyclic) bond motifs is 1. The molecule has 2 aromatic heterocycles. The number of hydrogen-bond acceptors (Lipinski definition) is 5. The first-order chi connectivity index (χ1) is 10.3. The Bertz CT molecular complexity index is 946. The third-order valence-corrected chi connectivity index (χ3v) is 7.26. The average Bonchev–Trinajstić information content (AvgIpc) is 3.00. The summed E-state index contributed by atoms with van der Waals surface area (Å²) in [6.07, 6.45) is 0. The van der Waals surface area contributed by atoms with E-state index in [1.807, 2.05) is 24.3 Å². The van der Waals surface area contributed by atoms with Gasteiger partial charge >= 0.3 is 0 Å². The molecule has 0 fully saturated rings. The second-order valence-corrected chi connectivity index (χ2v) is 9.56. The van der Waals surface area contributed by atoms with Gasteiger partial charge < -0.3 is 0 Å². The van der Waals surface area contributed by atoms with Crippen LogP contribution in [0.25, 0.3) is 16.2 Å². The molecular formula is C12H10Br2N4O2S2. The molecule has 6 nitrogen and oxygen atoms in total. The highest BCUT2D eigenvalue weighted by Crippen LogP contribution is 2.32. The largest absolute Gasteiger partial charge is 0.271 e. The van der Waals surface area contributed by atoms with E-state index in [1.54, 1.807) is 0 Å². The van der Waals surface area contributed by atoms with Crippen molar-refractivity contribution in [2.45, 2.75) is 4.34 Å². The quantitative estimate of drug-likeness (QED) is 0.595. The predicted molar refractivity (Wildman–Crippen MR) is 92.6 cm³/mol. The molecule has 0 radical (unpaired) electrons. The lowest BCUT2D eigenvalue weighted by molar-refractivity contribution is 0.518. The lowest BCUT2D eigenvalue weighted by Crippen LogP contribution is -2.22. The molecule has 0 atom stereocenters. The van der Waals surface area contributed by atoms with Gasteiger partial charge in [0.2, 0.25) is 9.30 Å². The van der Waals surface area contributed by atoms with E-state index in [-0.39, 0.29) is 4.34 Å². The van der Waals surface area contributed by atoms with E-state index in [2.05, 4.69) is 41.9 Å².